The zero-order valence-electron chi connectivity index (χ0n) is 35.0. The van der Waals surface area contributed by atoms with E-state index in [1.165, 1.54) is 54.8 Å². The Kier molecular flexibility index (Phi) is 14.6. The van der Waals surface area contributed by atoms with Gasteiger partial charge in [-0.1, -0.05) is 124 Å². The summed E-state index contributed by atoms with van der Waals surface area (Å²) in [5, 5.41) is 19.8. The summed E-state index contributed by atoms with van der Waals surface area (Å²) in [7, 11) is 0. The van der Waals surface area contributed by atoms with E-state index in [1.54, 1.807) is 11.3 Å². The summed E-state index contributed by atoms with van der Waals surface area (Å²) in [4.78, 5) is 18.4. The van der Waals surface area contributed by atoms with E-state index in [2.05, 4.69) is 113 Å². The smallest absolute Gasteiger partial charge is 0.164 e. The number of ketones is 1. The number of hydrogen-bond acceptors (Lipinski definition) is 5. The SMILES string of the molecule is CCC(C)(CC)C(=O)/C=C(\O)C(C)(CC)CC.Cc1csc2nc(-c3[c-]c4ccccc4c(C(C)(C)C)c3)cc(-c3ccc4c(CC(C)C)csc4c3)c12.[Ir]. The van der Waals surface area contributed by atoms with Crippen molar-refractivity contribution in [3.8, 4) is 22.4 Å². The van der Waals surface area contributed by atoms with Crippen molar-refractivity contribution in [2.45, 2.75) is 121 Å². The molecule has 55 heavy (non-hydrogen) atoms. The Morgan fingerprint density at radius 3 is 2.13 bits per heavy atom. The second-order valence-electron chi connectivity index (χ2n) is 17.0. The minimum absolute atomic E-state index is 0. The molecule has 0 aliphatic heterocycles. The molecule has 0 spiro atoms. The molecular weight excluding hydrogens is 891 g/mol. The van der Waals surface area contributed by atoms with E-state index in [-0.39, 0.29) is 47.9 Å². The zero-order valence-corrected chi connectivity index (χ0v) is 39.0. The number of aryl methyl sites for hydroxylation is 1. The monoisotopic (exact) mass is 951 g/mol. The number of carbonyl (C=O) groups is 1. The van der Waals surface area contributed by atoms with Gasteiger partial charge in [-0.15, -0.1) is 51.8 Å². The van der Waals surface area contributed by atoms with Crippen molar-refractivity contribution in [1.82, 2.24) is 4.98 Å². The number of nitrogens with zero attached hydrogens (tertiary/aromatic N) is 1. The van der Waals surface area contributed by atoms with Crippen LogP contribution in [0.4, 0.5) is 0 Å². The van der Waals surface area contributed by atoms with Gasteiger partial charge < -0.3 is 5.11 Å². The third-order valence-corrected chi connectivity index (χ3v) is 13.8. The summed E-state index contributed by atoms with van der Waals surface area (Å²) >= 11 is 3.60. The molecule has 6 aromatic rings. The molecule has 3 nitrogen and oxygen atoms in total. The summed E-state index contributed by atoms with van der Waals surface area (Å²) in [6.07, 6.45) is 5.88. The number of aliphatic hydroxyl groups is 1. The van der Waals surface area contributed by atoms with Gasteiger partial charge >= 0.3 is 0 Å². The number of pyridine rings is 1. The molecule has 0 atom stereocenters. The van der Waals surface area contributed by atoms with Crippen LogP contribution in [0.3, 0.4) is 0 Å². The summed E-state index contributed by atoms with van der Waals surface area (Å²) in [5.74, 6) is 0.943. The fourth-order valence-electron chi connectivity index (χ4n) is 7.08. The van der Waals surface area contributed by atoms with Gasteiger partial charge in [-0.3, -0.25) is 9.78 Å². The van der Waals surface area contributed by atoms with Gasteiger partial charge in [0.05, 0.1) is 0 Å². The van der Waals surface area contributed by atoms with Crippen LogP contribution in [0.5, 0.6) is 0 Å². The minimum atomic E-state index is -0.337. The Morgan fingerprint density at radius 2 is 1.51 bits per heavy atom. The molecule has 0 bridgehead atoms. The van der Waals surface area contributed by atoms with Crippen molar-refractivity contribution in [1.29, 1.82) is 0 Å². The minimum Gasteiger partial charge on any atom is -0.512 e. The van der Waals surface area contributed by atoms with Crippen LogP contribution < -0.4 is 0 Å². The molecule has 0 saturated heterocycles. The molecule has 0 fully saturated rings. The first-order valence-electron chi connectivity index (χ1n) is 19.8. The quantitative estimate of drug-likeness (QED) is 0.0800. The van der Waals surface area contributed by atoms with E-state index < -0.39 is 0 Å². The molecule has 1 radical (unpaired) electrons. The summed E-state index contributed by atoms with van der Waals surface area (Å²) < 4.78 is 1.36. The van der Waals surface area contributed by atoms with Crippen molar-refractivity contribution in [3.63, 3.8) is 0 Å². The Hall–Kier alpha value is -3.15. The zero-order chi connectivity index (χ0) is 39.6. The van der Waals surface area contributed by atoms with Gasteiger partial charge in [-0.2, -0.15) is 0 Å². The Labute approximate surface area is 352 Å². The fraction of sp³-hybridized carbons (Fsp3) is 0.429. The first kappa shape index (κ1) is 44.6. The Balaban J connectivity index is 0.000000320. The molecule has 0 saturated carbocycles. The number of aliphatic hydroxyl groups excluding tert-OH is 1. The molecule has 3 aromatic carbocycles. The molecule has 6 rings (SSSR count). The van der Waals surface area contributed by atoms with Gasteiger partial charge in [-0.05, 0) is 94.8 Å². The maximum absolute atomic E-state index is 12.2. The van der Waals surface area contributed by atoms with Crippen LogP contribution in [0, 0.1) is 29.7 Å². The Bertz CT molecular complexity index is 2290. The van der Waals surface area contributed by atoms with Crippen molar-refractivity contribution in [3.05, 3.63) is 99.9 Å². The van der Waals surface area contributed by atoms with E-state index >= 15 is 0 Å². The van der Waals surface area contributed by atoms with Crippen molar-refractivity contribution < 1.29 is 30.0 Å². The van der Waals surface area contributed by atoms with Crippen LogP contribution in [-0.2, 0) is 36.7 Å². The van der Waals surface area contributed by atoms with Crippen molar-refractivity contribution in [2.24, 2.45) is 16.7 Å². The van der Waals surface area contributed by atoms with Gasteiger partial charge in [0.1, 0.15) is 10.6 Å². The molecule has 3 aromatic heterocycles. The number of rotatable bonds is 11. The molecule has 0 amide bonds. The van der Waals surface area contributed by atoms with Gasteiger partial charge in [0.25, 0.3) is 0 Å². The van der Waals surface area contributed by atoms with Crippen LogP contribution in [0.1, 0.15) is 119 Å². The first-order chi connectivity index (χ1) is 25.5. The second-order valence-corrected chi connectivity index (χ2v) is 18.8. The van der Waals surface area contributed by atoms with E-state index in [0.717, 1.165) is 53.6 Å². The molecule has 1 N–H and O–H groups in total. The second kappa shape index (κ2) is 18.0. The predicted molar refractivity (Wildman–Crippen MR) is 237 cm³/mol. The predicted octanol–water partition coefficient (Wildman–Crippen LogP) is 15.3. The maximum atomic E-state index is 12.2. The maximum Gasteiger partial charge on any atom is 0.164 e. The normalized spacial score (nSPS) is 12.6. The van der Waals surface area contributed by atoms with Gasteiger partial charge in [0.15, 0.2) is 5.78 Å². The third kappa shape index (κ3) is 9.53. The van der Waals surface area contributed by atoms with Crippen molar-refractivity contribution in [2.75, 3.05) is 0 Å². The largest absolute Gasteiger partial charge is 0.512 e. The third-order valence-electron chi connectivity index (χ3n) is 11.8. The fourth-order valence-corrected chi connectivity index (χ4v) is 9.04. The average Bonchev–Trinajstić information content (AvgIpc) is 3.74. The number of allylic oxidation sites excluding steroid dienone is 2. The number of aromatic nitrogens is 1. The van der Waals surface area contributed by atoms with E-state index in [0.29, 0.717) is 5.92 Å². The summed E-state index contributed by atoms with van der Waals surface area (Å²) in [5.41, 5.74) is 8.09. The number of thiophene rings is 2. The number of hydrogen-bond donors (Lipinski definition) is 1. The standard InChI is InChI=1S/C34H32NS2.C15H28O2.Ir/c1-20(2)13-25-19-36-31-16-23(11-12-27(25)31)28-17-30(35-33-32(28)21(3)18-37-33)24-14-22-9-7-8-10-26(22)29(15-24)34(4,5)6;1-7-14(5,8-2)12(16)11-13(17)15(6,9-3)10-4;/h7-12,15-20H,13H2,1-6H3;11,16H,7-10H2,1-6H3;/q-1;;/b;12-11-;. The van der Waals surface area contributed by atoms with Crippen LogP contribution in [0.15, 0.2) is 77.2 Å². The number of fused-ring (bicyclic) bond motifs is 3. The van der Waals surface area contributed by atoms with Crippen LogP contribution >= 0.6 is 22.7 Å². The molecular formula is C49H60IrNO2S2-. The van der Waals surface area contributed by atoms with E-state index in [1.807, 2.05) is 52.9 Å². The number of benzene rings is 3. The molecule has 3 heterocycles. The topological polar surface area (TPSA) is 50.2 Å². The average molecular weight is 951 g/mol. The molecule has 0 unspecified atom stereocenters. The van der Waals surface area contributed by atoms with Gasteiger partial charge in [0.2, 0.25) is 0 Å². The van der Waals surface area contributed by atoms with Crippen LogP contribution in [-0.4, -0.2) is 15.9 Å². The molecule has 0 aliphatic carbocycles. The van der Waals surface area contributed by atoms with E-state index in [4.69, 9.17) is 4.98 Å². The first-order valence-corrected chi connectivity index (χ1v) is 21.5. The Morgan fingerprint density at radius 1 is 0.855 bits per heavy atom. The molecule has 295 valence electrons. The van der Waals surface area contributed by atoms with E-state index in [9.17, 15) is 9.90 Å². The number of carbonyl (C=O) groups excluding carboxylic acids is 1. The van der Waals surface area contributed by atoms with Crippen LogP contribution in [0.25, 0.3) is 53.5 Å². The van der Waals surface area contributed by atoms with Gasteiger partial charge in [-0.25, -0.2) is 0 Å². The van der Waals surface area contributed by atoms with Crippen LogP contribution in [0.2, 0.25) is 0 Å². The van der Waals surface area contributed by atoms with Crippen molar-refractivity contribution >= 4 is 59.5 Å². The molecule has 6 heteroatoms. The summed E-state index contributed by atoms with van der Waals surface area (Å²) in [6.45, 7) is 25.7. The molecule has 0 aliphatic rings. The summed E-state index contributed by atoms with van der Waals surface area (Å²) in [6, 6.07) is 23.9. The van der Waals surface area contributed by atoms with Gasteiger partial charge in [0, 0.05) is 52.8 Å².